The van der Waals surface area contributed by atoms with Crippen LogP contribution in [-0.4, -0.2) is 9.97 Å². The summed E-state index contributed by atoms with van der Waals surface area (Å²) in [6, 6.07) is 58.2. The highest BCUT2D eigenvalue weighted by Gasteiger charge is 2.49. The molecule has 2 aliphatic carbocycles. The van der Waals surface area contributed by atoms with Crippen LogP contribution >= 0.6 is 0 Å². The van der Waals surface area contributed by atoms with Crippen molar-refractivity contribution in [3.63, 3.8) is 0 Å². The van der Waals surface area contributed by atoms with Gasteiger partial charge in [-0.1, -0.05) is 146 Å². The van der Waals surface area contributed by atoms with Gasteiger partial charge < -0.3 is 0 Å². The van der Waals surface area contributed by atoms with Crippen molar-refractivity contribution in [2.24, 2.45) is 0 Å². The maximum absolute atomic E-state index is 4.87. The van der Waals surface area contributed by atoms with Crippen LogP contribution in [-0.2, 0) is 5.41 Å². The molecule has 2 heteroatoms. The molecule has 1 spiro atoms. The van der Waals surface area contributed by atoms with E-state index >= 15 is 0 Å². The molecule has 49 heavy (non-hydrogen) atoms. The zero-order chi connectivity index (χ0) is 32.1. The zero-order valence-corrected chi connectivity index (χ0v) is 26.6. The van der Waals surface area contributed by atoms with Crippen molar-refractivity contribution in [2.45, 2.75) is 5.41 Å². The number of pyridine rings is 2. The largest absolute Gasteiger partial charge is 0.254 e. The van der Waals surface area contributed by atoms with Gasteiger partial charge in [-0.2, -0.15) is 0 Å². The standard InChI is InChI=1S/C47H28N2/c1-4-14-40-35(10-1)36-11-2-5-15-41(36)47(40)42-16-6-3-12-37(42)39-25-24-34(38-13-7-17-43(47)44(38)39)30-20-18-29(19-21-30)33-27-32-23-22-31-9-8-26-48-45(31)46(32)49-28-33/h1-28H. The van der Waals surface area contributed by atoms with E-state index in [1.165, 1.54) is 66.4 Å². The van der Waals surface area contributed by atoms with Gasteiger partial charge >= 0.3 is 0 Å². The normalized spacial score (nSPS) is 13.5. The summed E-state index contributed by atoms with van der Waals surface area (Å²) in [6.07, 6.45) is 3.81. The maximum Gasteiger partial charge on any atom is 0.0964 e. The van der Waals surface area contributed by atoms with Crippen LogP contribution in [0.4, 0.5) is 0 Å². The third-order valence-electron chi connectivity index (χ3n) is 11.0. The highest BCUT2D eigenvalue weighted by Crippen LogP contribution is 2.62. The highest BCUT2D eigenvalue weighted by atomic mass is 14.7. The van der Waals surface area contributed by atoms with E-state index in [2.05, 4.69) is 157 Å². The summed E-state index contributed by atoms with van der Waals surface area (Å²) in [4.78, 5) is 9.47. The van der Waals surface area contributed by atoms with Gasteiger partial charge in [0.2, 0.25) is 0 Å². The molecule has 2 aliphatic rings. The van der Waals surface area contributed by atoms with Crippen molar-refractivity contribution in [1.82, 2.24) is 9.97 Å². The molecule has 0 fully saturated rings. The number of benzene rings is 7. The lowest BCUT2D eigenvalue weighted by molar-refractivity contribution is 0.773. The van der Waals surface area contributed by atoms with Gasteiger partial charge in [0, 0.05) is 28.7 Å². The summed E-state index contributed by atoms with van der Waals surface area (Å²) >= 11 is 0. The fraction of sp³-hybridized carbons (Fsp3) is 0.0213. The SMILES string of the molecule is c1ccc2c(c1)-c1ccccc1C21c2ccccc2-c2ccc(-c3ccc(-c4cnc5c(ccc6cccnc65)c4)cc3)c3cccc1c23. The third kappa shape index (κ3) is 3.50. The van der Waals surface area contributed by atoms with Gasteiger partial charge in [-0.25, -0.2) is 0 Å². The van der Waals surface area contributed by atoms with Gasteiger partial charge in [-0.15, -0.1) is 0 Å². The molecule has 2 heterocycles. The van der Waals surface area contributed by atoms with Crippen molar-refractivity contribution in [1.29, 1.82) is 0 Å². The Morgan fingerprint density at radius 1 is 0.367 bits per heavy atom. The van der Waals surface area contributed by atoms with Gasteiger partial charge in [0.15, 0.2) is 0 Å². The molecule has 226 valence electrons. The zero-order valence-electron chi connectivity index (χ0n) is 26.6. The van der Waals surface area contributed by atoms with E-state index in [9.17, 15) is 0 Å². The predicted molar refractivity (Wildman–Crippen MR) is 202 cm³/mol. The molecule has 0 aliphatic heterocycles. The number of hydrogen-bond donors (Lipinski definition) is 0. The van der Waals surface area contributed by atoms with Crippen LogP contribution in [0, 0.1) is 0 Å². The molecule has 0 radical (unpaired) electrons. The van der Waals surface area contributed by atoms with Crippen molar-refractivity contribution in [2.75, 3.05) is 0 Å². The van der Waals surface area contributed by atoms with Gasteiger partial charge in [-0.3, -0.25) is 9.97 Å². The molecule has 11 rings (SSSR count). The Morgan fingerprint density at radius 2 is 0.959 bits per heavy atom. The van der Waals surface area contributed by atoms with Crippen LogP contribution < -0.4 is 0 Å². The number of aromatic nitrogens is 2. The Balaban J connectivity index is 1.10. The van der Waals surface area contributed by atoms with E-state index in [0.29, 0.717) is 0 Å². The minimum Gasteiger partial charge on any atom is -0.254 e. The first-order chi connectivity index (χ1) is 24.3. The summed E-state index contributed by atoms with van der Waals surface area (Å²) in [5.74, 6) is 0. The summed E-state index contributed by atoms with van der Waals surface area (Å²) in [5.41, 5.74) is 16.9. The minimum atomic E-state index is -0.386. The van der Waals surface area contributed by atoms with Gasteiger partial charge in [0.25, 0.3) is 0 Å². The quantitative estimate of drug-likeness (QED) is 0.180. The molecular weight excluding hydrogens is 593 g/mol. The number of nitrogens with zero attached hydrogens (tertiary/aromatic N) is 2. The number of rotatable bonds is 2. The minimum absolute atomic E-state index is 0.386. The molecule has 2 nitrogen and oxygen atoms in total. The Hall–Kier alpha value is -6.38. The van der Waals surface area contributed by atoms with Gasteiger partial charge in [0.05, 0.1) is 16.4 Å². The van der Waals surface area contributed by atoms with E-state index in [1.807, 2.05) is 18.5 Å². The second-order valence-electron chi connectivity index (χ2n) is 13.3. The smallest absolute Gasteiger partial charge is 0.0964 e. The maximum atomic E-state index is 4.87. The van der Waals surface area contributed by atoms with Crippen LogP contribution in [0.1, 0.15) is 22.3 Å². The molecule has 2 aromatic heterocycles. The second kappa shape index (κ2) is 9.82. The molecular formula is C47H28N2. The first kappa shape index (κ1) is 26.7. The Morgan fingerprint density at radius 3 is 1.69 bits per heavy atom. The Bertz CT molecular complexity index is 2780. The van der Waals surface area contributed by atoms with E-state index in [0.717, 1.165) is 32.9 Å². The van der Waals surface area contributed by atoms with Crippen molar-refractivity contribution in [3.05, 3.63) is 192 Å². The van der Waals surface area contributed by atoms with Crippen LogP contribution in [0.15, 0.2) is 170 Å². The Labute approximate surface area is 284 Å². The number of hydrogen-bond acceptors (Lipinski definition) is 2. The molecule has 0 atom stereocenters. The average molecular weight is 621 g/mol. The van der Waals surface area contributed by atoms with E-state index in [4.69, 9.17) is 4.98 Å². The van der Waals surface area contributed by atoms with E-state index in [-0.39, 0.29) is 5.41 Å². The van der Waals surface area contributed by atoms with Gasteiger partial charge in [0.1, 0.15) is 0 Å². The molecule has 9 aromatic rings. The third-order valence-corrected chi connectivity index (χ3v) is 11.0. The highest BCUT2D eigenvalue weighted by molar-refractivity contribution is 6.11. The first-order valence-electron chi connectivity index (χ1n) is 16.9. The average Bonchev–Trinajstić information content (AvgIpc) is 3.47. The van der Waals surface area contributed by atoms with Crippen molar-refractivity contribution >= 4 is 32.6 Å². The lowest BCUT2D eigenvalue weighted by atomic mass is 9.61. The van der Waals surface area contributed by atoms with Crippen LogP contribution in [0.2, 0.25) is 0 Å². The molecule has 0 saturated heterocycles. The van der Waals surface area contributed by atoms with E-state index in [1.54, 1.807) is 0 Å². The molecule has 7 aromatic carbocycles. The summed E-state index contributed by atoms with van der Waals surface area (Å²) in [5, 5.41) is 4.83. The number of fused-ring (bicyclic) bond motifs is 12. The summed E-state index contributed by atoms with van der Waals surface area (Å²) in [7, 11) is 0. The summed E-state index contributed by atoms with van der Waals surface area (Å²) in [6.45, 7) is 0. The summed E-state index contributed by atoms with van der Waals surface area (Å²) < 4.78 is 0. The Kier molecular flexibility index (Phi) is 5.34. The predicted octanol–water partition coefficient (Wildman–Crippen LogP) is 11.6. The first-order valence-corrected chi connectivity index (χ1v) is 16.9. The van der Waals surface area contributed by atoms with Crippen LogP contribution in [0.5, 0.6) is 0 Å². The van der Waals surface area contributed by atoms with Crippen molar-refractivity contribution in [3.8, 4) is 44.5 Å². The lowest BCUT2D eigenvalue weighted by Gasteiger charge is -2.40. The van der Waals surface area contributed by atoms with E-state index < -0.39 is 0 Å². The van der Waals surface area contributed by atoms with Crippen molar-refractivity contribution < 1.29 is 0 Å². The van der Waals surface area contributed by atoms with Crippen LogP contribution in [0.3, 0.4) is 0 Å². The molecule has 0 bridgehead atoms. The fourth-order valence-electron chi connectivity index (χ4n) is 8.94. The molecule has 0 unspecified atom stereocenters. The molecule has 0 saturated carbocycles. The molecule has 0 amide bonds. The van der Waals surface area contributed by atoms with Crippen LogP contribution in [0.25, 0.3) is 77.1 Å². The lowest BCUT2D eigenvalue weighted by Crippen LogP contribution is -2.31. The monoisotopic (exact) mass is 620 g/mol. The topological polar surface area (TPSA) is 25.8 Å². The fourth-order valence-corrected chi connectivity index (χ4v) is 8.94. The second-order valence-corrected chi connectivity index (χ2v) is 13.3. The molecule has 0 N–H and O–H groups in total. The van der Waals surface area contributed by atoms with Gasteiger partial charge in [-0.05, 0) is 84.1 Å².